The molecule has 0 spiro atoms. The van der Waals surface area contributed by atoms with Crippen LogP contribution in [0, 0.1) is 0 Å². The van der Waals surface area contributed by atoms with Crippen molar-refractivity contribution in [1.29, 1.82) is 0 Å². The van der Waals surface area contributed by atoms with Crippen molar-refractivity contribution in [3.63, 3.8) is 0 Å². The first-order chi connectivity index (χ1) is 4.96. The summed E-state index contributed by atoms with van der Waals surface area (Å²) in [5.41, 5.74) is -5.57. The van der Waals surface area contributed by atoms with Gasteiger partial charge in [-0.15, -0.1) is 0 Å². The first-order valence-electron chi connectivity index (χ1n) is 2.04. The third kappa shape index (κ3) is 4.15. The van der Waals surface area contributed by atoms with E-state index in [4.69, 9.17) is 33.2 Å². The van der Waals surface area contributed by atoms with Gasteiger partial charge in [-0.05, 0) is 0 Å². The first-order valence-corrected chi connectivity index (χ1v) is 8.39. The molecular formula is CCl3F3O3SSi. The van der Waals surface area contributed by atoms with Gasteiger partial charge in [0, 0.05) is 0 Å². The molecule has 0 fully saturated rings. The summed E-state index contributed by atoms with van der Waals surface area (Å²) in [4.78, 5) is 0. The molecule has 0 heterocycles. The Morgan fingerprint density at radius 1 is 1.17 bits per heavy atom. The number of hydrogen-bond donors (Lipinski definition) is 0. The highest BCUT2D eigenvalue weighted by Crippen LogP contribution is 2.31. The van der Waals surface area contributed by atoms with E-state index in [0.29, 0.717) is 0 Å². The highest BCUT2D eigenvalue weighted by atomic mass is 35.8. The second kappa shape index (κ2) is 3.50. The fourth-order valence-corrected chi connectivity index (χ4v) is 3.78. The fourth-order valence-electron chi connectivity index (χ4n) is 0.172. The molecule has 0 bridgehead atoms. The van der Waals surface area contributed by atoms with Crippen molar-refractivity contribution in [2.24, 2.45) is 0 Å². The lowest BCUT2D eigenvalue weighted by Crippen LogP contribution is -2.32. The summed E-state index contributed by atoms with van der Waals surface area (Å²) >= 11 is 14.4. The molecule has 0 aromatic carbocycles. The van der Waals surface area contributed by atoms with Gasteiger partial charge in [0.15, 0.2) is 0 Å². The molecule has 0 atom stereocenters. The Labute approximate surface area is 80.7 Å². The normalized spacial score (nSPS) is 14.8. The van der Waals surface area contributed by atoms with Gasteiger partial charge in [0.1, 0.15) is 0 Å². The van der Waals surface area contributed by atoms with Crippen LogP contribution in [0.15, 0.2) is 0 Å². The summed E-state index contributed by atoms with van der Waals surface area (Å²) in [6.45, 7) is 0. The van der Waals surface area contributed by atoms with E-state index in [1.807, 2.05) is 0 Å². The Kier molecular flexibility index (Phi) is 3.73. The number of halogens is 6. The van der Waals surface area contributed by atoms with Crippen LogP contribution in [0.2, 0.25) is 0 Å². The highest BCUT2D eigenvalue weighted by Gasteiger charge is 2.52. The van der Waals surface area contributed by atoms with E-state index in [2.05, 4.69) is 3.87 Å². The first kappa shape index (κ1) is 12.8. The van der Waals surface area contributed by atoms with E-state index in [1.54, 1.807) is 0 Å². The maximum atomic E-state index is 11.5. The predicted octanol–water partition coefficient (Wildman–Crippen LogP) is 2.00. The van der Waals surface area contributed by atoms with Gasteiger partial charge in [-0.25, -0.2) is 0 Å². The minimum atomic E-state index is -5.79. The molecule has 0 saturated heterocycles. The third-order valence-electron chi connectivity index (χ3n) is 0.488. The Balaban J connectivity index is 4.70. The van der Waals surface area contributed by atoms with Crippen LogP contribution >= 0.6 is 33.2 Å². The van der Waals surface area contributed by atoms with Gasteiger partial charge in [-0.3, -0.25) is 3.87 Å². The maximum absolute atomic E-state index is 11.5. The van der Waals surface area contributed by atoms with Gasteiger partial charge in [-0.1, -0.05) is 33.2 Å². The lowest BCUT2D eigenvalue weighted by atomic mass is 11.6. The van der Waals surface area contributed by atoms with E-state index in [9.17, 15) is 21.6 Å². The molecule has 12 heavy (non-hydrogen) atoms. The van der Waals surface area contributed by atoms with Crippen LogP contribution in [-0.2, 0) is 14.0 Å². The molecule has 0 aliphatic heterocycles. The lowest BCUT2D eigenvalue weighted by molar-refractivity contribution is -0.0500. The summed E-state index contributed by atoms with van der Waals surface area (Å²) < 4.78 is 58.0. The van der Waals surface area contributed by atoms with Crippen LogP contribution in [0.4, 0.5) is 13.2 Å². The molecule has 0 radical (unpaired) electrons. The molecular weight excluding hydrogens is 284 g/mol. The van der Waals surface area contributed by atoms with Crippen molar-refractivity contribution in [3.05, 3.63) is 0 Å². The largest absolute Gasteiger partial charge is 0.522 e. The van der Waals surface area contributed by atoms with Gasteiger partial charge in [0.25, 0.3) is 0 Å². The molecule has 0 amide bonds. The van der Waals surface area contributed by atoms with Gasteiger partial charge in [0.05, 0.1) is 0 Å². The van der Waals surface area contributed by atoms with E-state index in [0.717, 1.165) is 0 Å². The zero-order chi connectivity index (χ0) is 10.2. The van der Waals surface area contributed by atoms with Crippen LogP contribution in [0.25, 0.3) is 0 Å². The zero-order valence-electron chi connectivity index (χ0n) is 4.90. The minimum Gasteiger partial charge on any atom is -0.259 e. The van der Waals surface area contributed by atoms with E-state index in [1.165, 1.54) is 0 Å². The fraction of sp³-hybridized carbons (Fsp3) is 1.00. The molecule has 3 nitrogen and oxygen atoms in total. The second-order valence-corrected chi connectivity index (χ2v) is 10.9. The molecule has 0 saturated carbocycles. The SMILES string of the molecule is O=S(=O)(O[Si](Cl)(Cl)Cl)C(F)(F)F. The van der Waals surface area contributed by atoms with Crippen LogP contribution < -0.4 is 0 Å². The van der Waals surface area contributed by atoms with Gasteiger partial charge < -0.3 is 0 Å². The molecule has 0 aromatic rings. The van der Waals surface area contributed by atoms with Gasteiger partial charge in [0.2, 0.25) is 0 Å². The van der Waals surface area contributed by atoms with E-state index < -0.39 is 21.9 Å². The Morgan fingerprint density at radius 3 is 1.58 bits per heavy atom. The Bertz CT molecular complexity index is 253. The molecule has 11 heteroatoms. The van der Waals surface area contributed by atoms with Gasteiger partial charge >= 0.3 is 21.9 Å². The van der Waals surface area contributed by atoms with Crippen LogP contribution in [0.1, 0.15) is 0 Å². The van der Waals surface area contributed by atoms with Crippen molar-refractivity contribution in [1.82, 2.24) is 0 Å². The Morgan fingerprint density at radius 2 is 1.50 bits per heavy atom. The van der Waals surface area contributed by atoms with Gasteiger partial charge in [-0.2, -0.15) is 21.6 Å². The highest BCUT2D eigenvalue weighted by molar-refractivity contribution is 7.91. The maximum Gasteiger partial charge on any atom is 0.522 e. The molecule has 0 aliphatic rings. The average molecular weight is 284 g/mol. The molecule has 0 aliphatic carbocycles. The quantitative estimate of drug-likeness (QED) is 0.442. The minimum absolute atomic E-state index is 3.27. The van der Waals surface area contributed by atoms with Crippen molar-refractivity contribution >= 4 is 49.6 Å². The second-order valence-electron chi connectivity index (χ2n) is 1.43. The summed E-state index contributed by atoms with van der Waals surface area (Å²) in [5.74, 6) is 0. The zero-order valence-corrected chi connectivity index (χ0v) is 8.99. The summed E-state index contributed by atoms with van der Waals surface area (Å²) in [5, 5.41) is 0. The van der Waals surface area contributed by atoms with Crippen LogP contribution in [0.3, 0.4) is 0 Å². The van der Waals surface area contributed by atoms with E-state index in [-0.39, 0.29) is 0 Å². The summed E-state index contributed by atoms with van der Waals surface area (Å²) in [6.07, 6.45) is -4.29. The van der Waals surface area contributed by atoms with E-state index >= 15 is 0 Å². The molecule has 74 valence electrons. The smallest absolute Gasteiger partial charge is 0.259 e. The van der Waals surface area contributed by atoms with Crippen LogP contribution in [0.5, 0.6) is 0 Å². The third-order valence-corrected chi connectivity index (χ3v) is 4.39. The molecule has 0 rings (SSSR count). The number of rotatable bonds is 2. The summed E-state index contributed by atoms with van der Waals surface area (Å²) in [6, 6.07) is 0. The van der Waals surface area contributed by atoms with Crippen molar-refractivity contribution < 1.29 is 25.5 Å². The number of hydrogen-bond acceptors (Lipinski definition) is 3. The number of alkyl halides is 3. The van der Waals surface area contributed by atoms with Crippen molar-refractivity contribution in [2.75, 3.05) is 0 Å². The molecule has 0 unspecified atom stereocenters. The predicted molar refractivity (Wildman–Crippen MR) is 39.4 cm³/mol. The topological polar surface area (TPSA) is 43.4 Å². The standard InChI is InChI=1S/CCl3F3O3SSi/c2-12(3,4)10-11(8,9)1(5,6)7. The molecule has 0 aromatic heterocycles. The van der Waals surface area contributed by atoms with Crippen molar-refractivity contribution in [2.45, 2.75) is 5.51 Å². The van der Waals surface area contributed by atoms with Crippen LogP contribution in [-0.4, -0.2) is 20.2 Å². The Hall–Kier alpha value is 0.787. The van der Waals surface area contributed by atoms with Crippen molar-refractivity contribution in [3.8, 4) is 0 Å². The summed E-state index contributed by atoms with van der Waals surface area (Å²) in [7, 11) is -5.79. The monoisotopic (exact) mass is 282 g/mol. The average Bonchev–Trinajstić information content (AvgIpc) is 1.52. The molecule has 0 N–H and O–H groups in total. The lowest BCUT2D eigenvalue weighted by Gasteiger charge is -2.11.